The number of hydrogen-bond acceptors (Lipinski definition) is 4. The van der Waals surface area contributed by atoms with Gasteiger partial charge in [-0.25, -0.2) is 4.79 Å². The van der Waals surface area contributed by atoms with E-state index in [2.05, 4.69) is 4.74 Å². The van der Waals surface area contributed by atoms with Crippen molar-refractivity contribution >= 4 is 11.9 Å². The van der Waals surface area contributed by atoms with Crippen molar-refractivity contribution in [1.82, 2.24) is 4.90 Å². The summed E-state index contributed by atoms with van der Waals surface area (Å²) in [7, 11) is 1.33. The molecule has 1 atom stereocenters. The van der Waals surface area contributed by atoms with E-state index < -0.39 is 12.1 Å². The van der Waals surface area contributed by atoms with Gasteiger partial charge in [-0.3, -0.25) is 4.79 Å². The fourth-order valence-electron chi connectivity index (χ4n) is 1.85. The SMILES string of the molecule is COC(=O)C1CN(C(=O)CC2CC2)CCO1. The second-order valence-electron chi connectivity index (χ2n) is 4.37. The number of hydrogen-bond donors (Lipinski definition) is 0. The van der Waals surface area contributed by atoms with Gasteiger partial charge in [-0.2, -0.15) is 0 Å². The minimum Gasteiger partial charge on any atom is -0.467 e. The molecule has 5 heteroatoms. The quantitative estimate of drug-likeness (QED) is 0.646. The Bertz CT molecular complexity index is 288. The highest BCUT2D eigenvalue weighted by molar-refractivity contribution is 5.79. The van der Waals surface area contributed by atoms with Crippen molar-refractivity contribution in [3.8, 4) is 0 Å². The average molecular weight is 227 g/mol. The summed E-state index contributed by atoms with van der Waals surface area (Å²) >= 11 is 0. The molecule has 90 valence electrons. The van der Waals surface area contributed by atoms with Crippen LogP contribution in [0.5, 0.6) is 0 Å². The Labute approximate surface area is 94.7 Å². The zero-order chi connectivity index (χ0) is 11.5. The molecule has 2 fully saturated rings. The molecule has 1 amide bonds. The Kier molecular flexibility index (Phi) is 3.43. The maximum absolute atomic E-state index is 11.8. The summed E-state index contributed by atoms with van der Waals surface area (Å²) in [6.07, 6.45) is 2.34. The van der Waals surface area contributed by atoms with Crippen LogP contribution in [-0.4, -0.2) is 49.7 Å². The standard InChI is InChI=1S/C11H17NO4/c1-15-11(14)9-7-12(4-5-16-9)10(13)6-8-2-3-8/h8-9H,2-7H2,1H3. The molecule has 1 saturated heterocycles. The molecule has 0 spiro atoms. The van der Waals surface area contributed by atoms with Crippen LogP contribution in [0.4, 0.5) is 0 Å². The molecule has 2 rings (SSSR count). The number of carbonyl (C=O) groups excluding carboxylic acids is 2. The number of methoxy groups -OCH3 is 1. The van der Waals surface area contributed by atoms with Gasteiger partial charge in [-0.1, -0.05) is 0 Å². The number of nitrogens with zero attached hydrogens (tertiary/aromatic N) is 1. The number of ether oxygens (including phenoxy) is 2. The number of rotatable bonds is 3. The number of morpholine rings is 1. The van der Waals surface area contributed by atoms with Crippen LogP contribution in [0, 0.1) is 5.92 Å². The van der Waals surface area contributed by atoms with Crippen LogP contribution in [0.2, 0.25) is 0 Å². The molecule has 0 aromatic rings. The highest BCUT2D eigenvalue weighted by Gasteiger charge is 2.32. The van der Waals surface area contributed by atoms with Crippen LogP contribution >= 0.6 is 0 Å². The Morgan fingerprint density at radius 1 is 1.44 bits per heavy atom. The molecular formula is C11H17NO4. The summed E-state index contributed by atoms with van der Waals surface area (Å²) < 4.78 is 9.87. The van der Waals surface area contributed by atoms with Crippen LogP contribution in [0.1, 0.15) is 19.3 Å². The zero-order valence-electron chi connectivity index (χ0n) is 9.48. The second kappa shape index (κ2) is 4.82. The molecule has 0 bridgehead atoms. The van der Waals surface area contributed by atoms with E-state index in [1.807, 2.05) is 0 Å². The van der Waals surface area contributed by atoms with Crippen LogP contribution in [0.25, 0.3) is 0 Å². The van der Waals surface area contributed by atoms with Gasteiger partial charge in [0.25, 0.3) is 0 Å². The van der Waals surface area contributed by atoms with Crippen molar-refractivity contribution in [2.24, 2.45) is 5.92 Å². The lowest BCUT2D eigenvalue weighted by Gasteiger charge is -2.31. The fourth-order valence-corrected chi connectivity index (χ4v) is 1.85. The van der Waals surface area contributed by atoms with Gasteiger partial charge in [0, 0.05) is 13.0 Å². The Hall–Kier alpha value is -1.10. The lowest BCUT2D eigenvalue weighted by Crippen LogP contribution is -2.48. The number of amides is 1. The van der Waals surface area contributed by atoms with Gasteiger partial charge in [-0.15, -0.1) is 0 Å². The first kappa shape index (κ1) is 11.4. The molecule has 2 aliphatic rings. The minimum absolute atomic E-state index is 0.139. The molecule has 1 saturated carbocycles. The van der Waals surface area contributed by atoms with Crippen LogP contribution < -0.4 is 0 Å². The van der Waals surface area contributed by atoms with E-state index in [0.717, 1.165) is 12.8 Å². The second-order valence-corrected chi connectivity index (χ2v) is 4.37. The molecule has 16 heavy (non-hydrogen) atoms. The molecule has 0 radical (unpaired) electrons. The third-order valence-electron chi connectivity index (χ3n) is 3.04. The lowest BCUT2D eigenvalue weighted by atomic mass is 10.2. The smallest absolute Gasteiger partial charge is 0.336 e. The van der Waals surface area contributed by atoms with Crippen molar-refractivity contribution in [3.05, 3.63) is 0 Å². The van der Waals surface area contributed by atoms with E-state index in [1.54, 1.807) is 4.90 Å². The van der Waals surface area contributed by atoms with Gasteiger partial charge in [-0.05, 0) is 18.8 Å². The molecule has 1 aliphatic carbocycles. The summed E-state index contributed by atoms with van der Waals surface area (Å²) in [6.45, 7) is 1.33. The molecule has 1 heterocycles. The summed E-state index contributed by atoms with van der Waals surface area (Å²) in [4.78, 5) is 24.8. The first-order chi connectivity index (χ1) is 7.70. The van der Waals surface area contributed by atoms with Gasteiger partial charge < -0.3 is 14.4 Å². The van der Waals surface area contributed by atoms with Gasteiger partial charge in [0.1, 0.15) is 0 Å². The van der Waals surface area contributed by atoms with Crippen molar-refractivity contribution < 1.29 is 19.1 Å². The highest BCUT2D eigenvalue weighted by Crippen LogP contribution is 2.33. The Morgan fingerprint density at radius 3 is 2.81 bits per heavy atom. The van der Waals surface area contributed by atoms with E-state index in [0.29, 0.717) is 32.0 Å². The van der Waals surface area contributed by atoms with Gasteiger partial charge in [0.2, 0.25) is 5.91 Å². The third kappa shape index (κ3) is 2.72. The van der Waals surface area contributed by atoms with E-state index >= 15 is 0 Å². The third-order valence-corrected chi connectivity index (χ3v) is 3.04. The molecule has 0 N–H and O–H groups in total. The van der Waals surface area contributed by atoms with Crippen molar-refractivity contribution in [2.45, 2.75) is 25.4 Å². The number of esters is 1. The topological polar surface area (TPSA) is 55.8 Å². The lowest BCUT2D eigenvalue weighted by molar-refractivity contribution is -0.162. The van der Waals surface area contributed by atoms with Gasteiger partial charge in [0.05, 0.1) is 20.3 Å². The fraction of sp³-hybridized carbons (Fsp3) is 0.818. The van der Waals surface area contributed by atoms with E-state index in [-0.39, 0.29) is 5.91 Å². The summed E-state index contributed by atoms with van der Waals surface area (Å²) in [5.41, 5.74) is 0. The van der Waals surface area contributed by atoms with Crippen molar-refractivity contribution in [2.75, 3.05) is 26.8 Å². The van der Waals surface area contributed by atoms with Crippen molar-refractivity contribution in [1.29, 1.82) is 0 Å². The van der Waals surface area contributed by atoms with Crippen LogP contribution in [-0.2, 0) is 19.1 Å². The number of carbonyl (C=O) groups is 2. The zero-order valence-corrected chi connectivity index (χ0v) is 9.48. The van der Waals surface area contributed by atoms with E-state index in [4.69, 9.17) is 4.74 Å². The average Bonchev–Trinajstić information content (AvgIpc) is 3.12. The van der Waals surface area contributed by atoms with E-state index in [9.17, 15) is 9.59 Å². The van der Waals surface area contributed by atoms with Crippen LogP contribution in [0.15, 0.2) is 0 Å². The minimum atomic E-state index is -0.609. The molecule has 1 aliphatic heterocycles. The summed E-state index contributed by atoms with van der Waals surface area (Å²) in [5.74, 6) is 0.315. The normalized spacial score (nSPS) is 25.3. The largest absolute Gasteiger partial charge is 0.467 e. The molecule has 0 aromatic carbocycles. The van der Waals surface area contributed by atoms with Crippen molar-refractivity contribution in [3.63, 3.8) is 0 Å². The highest BCUT2D eigenvalue weighted by atomic mass is 16.6. The summed E-state index contributed by atoms with van der Waals surface area (Å²) in [5, 5.41) is 0. The predicted molar refractivity (Wildman–Crippen MR) is 55.7 cm³/mol. The van der Waals surface area contributed by atoms with Crippen LogP contribution in [0.3, 0.4) is 0 Å². The Morgan fingerprint density at radius 2 is 2.19 bits per heavy atom. The molecular weight excluding hydrogens is 210 g/mol. The first-order valence-electron chi connectivity index (χ1n) is 5.68. The first-order valence-corrected chi connectivity index (χ1v) is 5.68. The van der Waals surface area contributed by atoms with Gasteiger partial charge >= 0.3 is 5.97 Å². The molecule has 5 nitrogen and oxygen atoms in total. The summed E-state index contributed by atoms with van der Waals surface area (Å²) in [6, 6.07) is 0. The maximum atomic E-state index is 11.8. The molecule has 1 unspecified atom stereocenters. The Balaban J connectivity index is 1.85. The van der Waals surface area contributed by atoms with E-state index in [1.165, 1.54) is 7.11 Å². The predicted octanol–water partition coefficient (Wildman–Crippen LogP) is 0.187. The van der Waals surface area contributed by atoms with Gasteiger partial charge in [0.15, 0.2) is 6.10 Å². The molecule has 0 aromatic heterocycles. The maximum Gasteiger partial charge on any atom is 0.336 e. The monoisotopic (exact) mass is 227 g/mol.